The first-order chi connectivity index (χ1) is 12.1. The monoisotopic (exact) mass is 359 g/mol. The number of allylic oxidation sites excluding steroid dienone is 1. The highest BCUT2D eigenvalue weighted by atomic mass is 19.1. The number of benzene rings is 1. The molecule has 0 amide bonds. The van der Waals surface area contributed by atoms with Crippen LogP contribution in [0.4, 0.5) is 4.39 Å². The minimum absolute atomic E-state index is 0.294. The SMILES string of the molecule is CN(C)C[C@@H]1C(c2cc(F)cc(OC(=O)C(C)(C)C)c2)=C[C@@H]2CC[C@H]1C2. The zero-order valence-electron chi connectivity index (χ0n) is 16.5. The van der Waals surface area contributed by atoms with Gasteiger partial charge in [0.2, 0.25) is 0 Å². The molecule has 1 aromatic carbocycles. The van der Waals surface area contributed by atoms with Crippen LogP contribution in [0.3, 0.4) is 0 Å². The van der Waals surface area contributed by atoms with E-state index < -0.39 is 5.41 Å². The van der Waals surface area contributed by atoms with E-state index >= 15 is 0 Å². The second kappa shape index (κ2) is 7.15. The zero-order chi connectivity index (χ0) is 19.1. The minimum Gasteiger partial charge on any atom is -0.426 e. The van der Waals surface area contributed by atoms with Gasteiger partial charge < -0.3 is 9.64 Å². The van der Waals surface area contributed by atoms with Crippen molar-refractivity contribution >= 4 is 11.5 Å². The van der Waals surface area contributed by atoms with Crippen molar-refractivity contribution in [3.8, 4) is 5.75 Å². The topological polar surface area (TPSA) is 29.5 Å². The summed E-state index contributed by atoms with van der Waals surface area (Å²) in [5, 5.41) is 0. The molecule has 0 aromatic heterocycles. The Bertz CT molecular complexity index is 717. The summed E-state index contributed by atoms with van der Waals surface area (Å²) in [6.45, 7) is 6.34. The van der Waals surface area contributed by atoms with Crippen molar-refractivity contribution < 1.29 is 13.9 Å². The molecule has 0 unspecified atom stereocenters. The van der Waals surface area contributed by atoms with E-state index in [-0.39, 0.29) is 11.8 Å². The Morgan fingerprint density at radius 1 is 1.23 bits per heavy atom. The molecule has 1 saturated carbocycles. The molecule has 3 rings (SSSR count). The second-order valence-corrected chi connectivity index (χ2v) is 9.14. The van der Waals surface area contributed by atoms with Crippen molar-refractivity contribution in [1.82, 2.24) is 4.90 Å². The number of hydrogen-bond acceptors (Lipinski definition) is 3. The van der Waals surface area contributed by atoms with E-state index in [1.165, 1.54) is 30.9 Å². The van der Waals surface area contributed by atoms with Crippen LogP contribution in [0.15, 0.2) is 24.3 Å². The Balaban J connectivity index is 1.93. The van der Waals surface area contributed by atoms with E-state index in [4.69, 9.17) is 4.74 Å². The molecule has 142 valence electrons. The Kier molecular flexibility index (Phi) is 5.25. The molecule has 0 saturated heterocycles. The van der Waals surface area contributed by atoms with E-state index in [9.17, 15) is 9.18 Å². The molecule has 26 heavy (non-hydrogen) atoms. The third kappa shape index (κ3) is 4.17. The number of fused-ring (bicyclic) bond motifs is 2. The highest BCUT2D eigenvalue weighted by Crippen LogP contribution is 2.48. The molecule has 0 aliphatic heterocycles. The molecule has 2 aliphatic rings. The highest BCUT2D eigenvalue weighted by molar-refractivity contribution is 5.78. The molecule has 2 bridgehead atoms. The molecule has 1 fully saturated rings. The smallest absolute Gasteiger partial charge is 0.316 e. The van der Waals surface area contributed by atoms with E-state index in [1.54, 1.807) is 26.8 Å². The molecular weight excluding hydrogens is 329 g/mol. The van der Waals surface area contributed by atoms with Crippen molar-refractivity contribution in [2.75, 3.05) is 20.6 Å². The van der Waals surface area contributed by atoms with Crippen LogP contribution in [0.25, 0.3) is 5.57 Å². The van der Waals surface area contributed by atoms with E-state index in [1.807, 2.05) is 6.07 Å². The molecule has 0 spiro atoms. The van der Waals surface area contributed by atoms with Gasteiger partial charge in [0, 0.05) is 12.6 Å². The first kappa shape index (κ1) is 19.1. The van der Waals surface area contributed by atoms with Crippen molar-refractivity contribution in [2.45, 2.75) is 40.0 Å². The summed E-state index contributed by atoms with van der Waals surface area (Å²) in [6.07, 6.45) is 6.04. The largest absolute Gasteiger partial charge is 0.426 e. The van der Waals surface area contributed by atoms with Crippen LogP contribution in [0.1, 0.15) is 45.6 Å². The fourth-order valence-corrected chi connectivity index (χ4v) is 4.20. The van der Waals surface area contributed by atoms with Gasteiger partial charge in [-0.05, 0) is 95.2 Å². The maximum atomic E-state index is 14.3. The lowest BCUT2D eigenvalue weighted by molar-refractivity contribution is -0.143. The van der Waals surface area contributed by atoms with Crippen LogP contribution in [-0.4, -0.2) is 31.5 Å². The summed E-state index contributed by atoms with van der Waals surface area (Å²) in [7, 11) is 4.17. The summed E-state index contributed by atoms with van der Waals surface area (Å²) in [5.41, 5.74) is 1.44. The number of halogens is 1. The Hall–Kier alpha value is -1.68. The number of carbonyl (C=O) groups excluding carboxylic acids is 1. The predicted molar refractivity (Wildman–Crippen MR) is 102 cm³/mol. The number of rotatable bonds is 4. The lowest BCUT2D eigenvalue weighted by Gasteiger charge is -2.33. The standard InChI is InChI=1S/C22H30FNO2/c1-22(2,3)21(25)26-18-11-16(10-17(23)12-18)19-9-14-6-7-15(8-14)20(19)13-24(4)5/h9-12,14-15,20H,6-8,13H2,1-5H3/t14-,15+,20+/m1/s1. The Labute approximate surface area is 156 Å². The maximum absolute atomic E-state index is 14.3. The van der Waals surface area contributed by atoms with Gasteiger partial charge in [-0.3, -0.25) is 4.79 Å². The lowest BCUT2D eigenvalue weighted by Crippen LogP contribution is -2.29. The van der Waals surface area contributed by atoms with Crippen LogP contribution in [0.5, 0.6) is 5.75 Å². The van der Waals surface area contributed by atoms with Crippen LogP contribution in [-0.2, 0) is 4.79 Å². The number of ether oxygens (including phenoxy) is 1. The van der Waals surface area contributed by atoms with Crippen molar-refractivity contribution in [3.05, 3.63) is 35.7 Å². The van der Waals surface area contributed by atoms with Crippen molar-refractivity contribution in [1.29, 1.82) is 0 Å². The molecule has 1 aromatic rings. The molecular formula is C22H30FNO2. The third-order valence-electron chi connectivity index (χ3n) is 5.49. The normalized spacial score (nSPS) is 25.3. The fourth-order valence-electron chi connectivity index (χ4n) is 4.20. The number of hydrogen-bond donors (Lipinski definition) is 0. The van der Waals surface area contributed by atoms with E-state index in [2.05, 4.69) is 25.1 Å². The molecule has 0 radical (unpaired) electrons. The first-order valence-electron chi connectivity index (χ1n) is 9.53. The number of esters is 1. The van der Waals surface area contributed by atoms with Crippen LogP contribution < -0.4 is 4.74 Å². The number of nitrogens with zero attached hydrogens (tertiary/aromatic N) is 1. The molecule has 4 heteroatoms. The number of carbonyl (C=O) groups is 1. The van der Waals surface area contributed by atoms with E-state index in [0.717, 1.165) is 12.1 Å². The summed E-state index contributed by atoms with van der Waals surface area (Å²) >= 11 is 0. The molecule has 0 heterocycles. The van der Waals surface area contributed by atoms with Gasteiger partial charge in [0.05, 0.1) is 5.41 Å². The summed E-state index contributed by atoms with van der Waals surface area (Å²) in [4.78, 5) is 14.4. The molecule has 0 N–H and O–H groups in total. The van der Waals surface area contributed by atoms with Crippen LogP contribution >= 0.6 is 0 Å². The summed E-state index contributed by atoms with van der Waals surface area (Å²) < 4.78 is 19.8. The van der Waals surface area contributed by atoms with Gasteiger partial charge in [-0.1, -0.05) is 6.08 Å². The molecule has 3 nitrogen and oxygen atoms in total. The fraction of sp³-hybridized carbons (Fsp3) is 0.591. The zero-order valence-corrected chi connectivity index (χ0v) is 16.5. The van der Waals surface area contributed by atoms with Gasteiger partial charge in [0.15, 0.2) is 0 Å². The van der Waals surface area contributed by atoms with Gasteiger partial charge in [0.1, 0.15) is 11.6 Å². The third-order valence-corrected chi connectivity index (χ3v) is 5.49. The average Bonchev–Trinajstić information content (AvgIpc) is 2.91. The van der Waals surface area contributed by atoms with Crippen molar-refractivity contribution in [2.24, 2.45) is 23.2 Å². The van der Waals surface area contributed by atoms with Gasteiger partial charge in [0.25, 0.3) is 0 Å². The predicted octanol–water partition coefficient (Wildman–Crippen LogP) is 4.77. The summed E-state index contributed by atoms with van der Waals surface area (Å²) in [5.74, 6) is 1.24. The minimum atomic E-state index is -0.622. The molecule has 2 aliphatic carbocycles. The van der Waals surface area contributed by atoms with Crippen molar-refractivity contribution in [3.63, 3.8) is 0 Å². The average molecular weight is 359 g/mol. The highest BCUT2D eigenvalue weighted by Gasteiger charge is 2.37. The maximum Gasteiger partial charge on any atom is 0.316 e. The summed E-state index contributed by atoms with van der Waals surface area (Å²) in [6, 6.07) is 4.70. The Morgan fingerprint density at radius 3 is 2.62 bits per heavy atom. The van der Waals surface area contributed by atoms with Gasteiger partial charge >= 0.3 is 5.97 Å². The lowest BCUT2D eigenvalue weighted by atomic mass is 9.76. The Morgan fingerprint density at radius 2 is 1.96 bits per heavy atom. The second-order valence-electron chi connectivity index (χ2n) is 9.14. The van der Waals surface area contributed by atoms with Crippen LogP contribution in [0, 0.1) is 29.0 Å². The van der Waals surface area contributed by atoms with Gasteiger partial charge in [-0.25, -0.2) is 4.39 Å². The van der Waals surface area contributed by atoms with Crippen LogP contribution in [0.2, 0.25) is 0 Å². The van der Waals surface area contributed by atoms with Gasteiger partial charge in [-0.2, -0.15) is 0 Å². The molecule has 3 atom stereocenters. The first-order valence-corrected chi connectivity index (χ1v) is 9.53. The van der Waals surface area contributed by atoms with E-state index in [0.29, 0.717) is 23.5 Å². The van der Waals surface area contributed by atoms with Gasteiger partial charge in [-0.15, -0.1) is 0 Å². The quantitative estimate of drug-likeness (QED) is 0.573.